The lowest BCUT2D eigenvalue weighted by Crippen LogP contribution is -2.38. The topological polar surface area (TPSA) is 75.7 Å². The minimum absolute atomic E-state index is 0.0107. The summed E-state index contributed by atoms with van der Waals surface area (Å²) in [6.07, 6.45) is 0. The number of carbonyl (C=O) groups is 3. The fourth-order valence-electron chi connectivity index (χ4n) is 3.02. The number of hydrogen-bond acceptors (Lipinski definition) is 4. The number of ether oxygens (including phenoxy) is 1. The number of fused-ring (bicyclic) bond motifs is 1. The molecule has 7 heteroatoms. The van der Waals surface area contributed by atoms with Gasteiger partial charge in [-0.25, -0.2) is 0 Å². The molecular formula is C20H19ClN2O4. The van der Waals surface area contributed by atoms with Crippen LogP contribution in [0.15, 0.2) is 42.5 Å². The molecule has 27 heavy (non-hydrogen) atoms. The van der Waals surface area contributed by atoms with E-state index in [4.69, 9.17) is 16.3 Å². The van der Waals surface area contributed by atoms with Crippen LogP contribution in [0.3, 0.4) is 0 Å². The van der Waals surface area contributed by atoms with Crippen molar-refractivity contribution in [3.63, 3.8) is 0 Å². The third-order valence-corrected chi connectivity index (χ3v) is 4.53. The van der Waals surface area contributed by atoms with Crippen molar-refractivity contribution < 1.29 is 19.1 Å². The van der Waals surface area contributed by atoms with E-state index in [1.165, 1.54) is 13.8 Å². The number of nitrogens with one attached hydrogen (secondary N) is 1. The van der Waals surface area contributed by atoms with Crippen molar-refractivity contribution >= 4 is 34.9 Å². The van der Waals surface area contributed by atoms with Gasteiger partial charge in [0.2, 0.25) is 5.91 Å². The summed E-state index contributed by atoms with van der Waals surface area (Å²) in [5.74, 6) is 0.0887. The normalized spacial score (nSPS) is 15.4. The SMILES string of the molecule is CC(=O)N[C@H]1C(=O)N(CCOc2ccc(C(C)=O)cc2)c2ccc(Cl)cc21. The molecule has 2 aromatic carbocycles. The van der Waals surface area contributed by atoms with Crippen molar-refractivity contribution in [1.29, 1.82) is 0 Å². The zero-order valence-corrected chi connectivity index (χ0v) is 15.7. The lowest BCUT2D eigenvalue weighted by atomic mass is 10.1. The van der Waals surface area contributed by atoms with Crippen LogP contribution < -0.4 is 15.0 Å². The maximum Gasteiger partial charge on any atom is 0.254 e. The lowest BCUT2D eigenvalue weighted by molar-refractivity contribution is -0.126. The summed E-state index contributed by atoms with van der Waals surface area (Å²) in [6.45, 7) is 3.45. The van der Waals surface area contributed by atoms with Gasteiger partial charge >= 0.3 is 0 Å². The molecule has 1 aliphatic rings. The second-order valence-corrected chi connectivity index (χ2v) is 6.69. The molecule has 0 radical (unpaired) electrons. The van der Waals surface area contributed by atoms with Gasteiger partial charge < -0.3 is 15.0 Å². The van der Waals surface area contributed by atoms with Gasteiger partial charge in [-0.15, -0.1) is 0 Å². The molecule has 0 aromatic heterocycles. The number of anilines is 1. The van der Waals surface area contributed by atoms with Gasteiger partial charge in [-0.2, -0.15) is 0 Å². The van der Waals surface area contributed by atoms with Gasteiger partial charge in [-0.3, -0.25) is 14.4 Å². The van der Waals surface area contributed by atoms with Gasteiger partial charge in [0.25, 0.3) is 5.91 Å². The van der Waals surface area contributed by atoms with Crippen molar-refractivity contribution in [2.24, 2.45) is 0 Å². The Balaban J connectivity index is 1.70. The molecule has 0 bridgehead atoms. The molecule has 0 spiro atoms. The largest absolute Gasteiger partial charge is 0.492 e. The van der Waals surface area contributed by atoms with Gasteiger partial charge in [0.1, 0.15) is 18.4 Å². The Morgan fingerprint density at radius 1 is 1.15 bits per heavy atom. The highest BCUT2D eigenvalue weighted by atomic mass is 35.5. The Morgan fingerprint density at radius 2 is 1.85 bits per heavy atom. The molecule has 1 heterocycles. The van der Waals surface area contributed by atoms with Gasteiger partial charge in [0.15, 0.2) is 5.78 Å². The summed E-state index contributed by atoms with van der Waals surface area (Å²) in [7, 11) is 0. The van der Waals surface area contributed by atoms with E-state index in [-0.39, 0.29) is 24.2 Å². The van der Waals surface area contributed by atoms with E-state index >= 15 is 0 Å². The summed E-state index contributed by atoms with van der Waals surface area (Å²) in [5.41, 5.74) is 1.99. The van der Waals surface area contributed by atoms with Crippen LogP contribution in [0.4, 0.5) is 5.69 Å². The van der Waals surface area contributed by atoms with Crippen molar-refractivity contribution in [1.82, 2.24) is 5.32 Å². The number of halogens is 1. The molecule has 0 fully saturated rings. The number of benzene rings is 2. The highest BCUT2D eigenvalue weighted by molar-refractivity contribution is 6.31. The number of rotatable bonds is 6. The first-order valence-electron chi connectivity index (χ1n) is 8.48. The second-order valence-electron chi connectivity index (χ2n) is 6.26. The number of Topliss-reactive ketones (excluding diaryl/α,β-unsaturated/α-hetero) is 1. The van der Waals surface area contributed by atoms with Gasteiger partial charge in [0.05, 0.1) is 6.54 Å². The highest BCUT2D eigenvalue weighted by Gasteiger charge is 2.37. The Kier molecular flexibility index (Phi) is 5.46. The molecule has 0 saturated carbocycles. The molecule has 2 amide bonds. The fraction of sp³-hybridized carbons (Fsp3) is 0.250. The molecule has 1 aliphatic heterocycles. The predicted molar refractivity (Wildman–Crippen MR) is 102 cm³/mol. The van der Waals surface area contributed by atoms with Crippen LogP contribution in [-0.2, 0) is 9.59 Å². The Bertz CT molecular complexity index is 895. The second kappa shape index (κ2) is 7.80. The molecular weight excluding hydrogens is 368 g/mol. The van der Waals surface area contributed by atoms with E-state index in [0.29, 0.717) is 34.1 Å². The summed E-state index contributed by atoms with van der Waals surface area (Å²) in [5, 5.41) is 3.17. The smallest absolute Gasteiger partial charge is 0.254 e. The van der Waals surface area contributed by atoms with E-state index in [9.17, 15) is 14.4 Å². The Morgan fingerprint density at radius 3 is 2.48 bits per heavy atom. The average Bonchev–Trinajstić information content (AvgIpc) is 2.87. The maximum atomic E-state index is 12.7. The van der Waals surface area contributed by atoms with E-state index < -0.39 is 6.04 Å². The minimum Gasteiger partial charge on any atom is -0.492 e. The molecule has 3 rings (SSSR count). The van der Waals surface area contributed by atoms with Crippen LogP contribution in [0.1, 0.15) is 35.8 Å². The van der Waals surface area contributed by atoms with Crippen LogP contribution in [0.2, 0.25) is 5.02 Å². The highest BCUT2D eigenvalue weighted by Crippen LogP contribution is 2.37. The standard InChI is InChI=1S/C20H19ClN2O4/c1-12(24)14-3-6-16(7-4-14)27-10-9-23-18-8-5-15(21)11-17(18)19(20(23)26)22-13(2)25/h3-8,11,19H,9-10H2,1-2H3,(H,22,25)/t19-/m1/s1. The van der Waals surface area contributed by atoms with Crippen molar-refractivity contribution in [3.8, 4) is 5.75 Å². The van der Waals surface area contributed by atoms with Crippen LogP contribution in [0.5, 0.6) is 5.75 Å². The average molecular weight is 387 g/mol. The van der Waals surface area contributed by atoms with Crippen LogP contribution in [0, 0.1) is 0 Å². The van der Waals surface area contributed by atoms with Crippen LogP contribution >= 0.6 is 11.6 Å². The van der Waals surface area contributed by atoms with Crippen LogP contribution in [0.25, 0.3) is 0 Å². The fourth-order valence-corrected chi connectivity index (χ4v) is 3.20. The predicted octanol–water partition coefficient (Wildman–Crippen LogP) is 3.15. The Labute approximate surface area is 162 Å². The molecule has 0 aliphatic carbocycles. The van der Waals surface area contributed by atoms with Crippen molar-refractivity contribution in [2.75, 3.05) is 18.1 Å². The number of carbonyl (C=O) groups excluding carboxylic acids is 3. The number of ketones is 1. The molecule has 1 atom stereocenters. The zero-order chi connectivity index (χ0) is 19.6. The zero-order valence-electron chi connectivity index (χ0n) is 15.0. The van der Waals surface area contributed by atoms with E-state index in [1.54, 1.807) is 47.4 Å². The minimum atomic E-state index is -0.744. The lowest BCUT2D eigenvalue weighted by Gasteiger charge is -2.18. The third kappa shape index (κ3) is 4.11. The molecule has 2 aromatic rings. The van der Waals surface area contributed by atoms with Gasteiger partial charge in [-0.1, -0.05) is 11.6 Å². The third-order valence-electron chi connectivity index (χ3n) is 4.30. The van der Waals surface area contributed by atoms with Gasteiger partial charge in [0, 0.05) is 28.8 Å². The van der Waals surface area contributed by atoms with E-state index in [2.05, 4.69) is 5.32 Å². The first-order chi connectivity index (χ1) is 12.9. The Hall–Kier alpha value is -2.86. The van der Waals surface area contributed by atoms with Crippen LogP contribution in [-0.4, -0.2) is 30.7 Å². The summed E-state index contributed by atoms with van der Waals surface area (Å²) in [4.78, 5) is 37.1. The summed E-state index contributed by atoms with van der Waals surface area (Å²) in [6, 6.07) is 11.2. The summed E-state index contributed by atoms with van der Waals surface area (Å²) >= 11 is 6.05. The molecule has 6 nitrogen and oxygen atoms in total. The van der Waals surface area contributed by atoms with E-state index in [0.717, 1.165) is 0 Å². The quantitative estimate of drug-likeness (QED) is 0.774. The van der Waals surface area contributed by atoms with Crippen molar-refractivity contribution in [2.45, 2.75) is 19.9 Å². The first kappa shape index (κ1) is 18.9. The number of amides is 2. The van der Waals surface area contributed by atoms with Crippen molar-refractivity contribution in [3.05, 3.63) is 58.6 Å². The molecule has 0 saturated heterocycles. The molecule has 0 unspecified atom stereocenters. The monoisotopic (exact) mass is 386 g/mol. The maximum absolute atomic E-state index is 12.7. The van der Waals surface area contributed by atoms with Gasteiger partial charge in [-0.05, 0) is 49.4 Å². The number of nitrogens with zero attached hydrogens (tertiary/aromatic N) is 1. The molecule has 140 valence electrons. The number of hydrogen-bond donors (Lipinski definition) is 1. The molecule has 1 N–H and O–H groups in total. The first-order valence-corrected chi connectivity index (χ1v) is 8.86. The summed E-state index contributed by atoms with van der Waals surface area (Å²) < 4.78 is 5.69. The van der Waals surface area contributed by atoms with E-state index in [1.807, 2.05) is 0 Å².